The van der Waals surface area contributed by atoms with Crippen LogP contribution in [-0.4, -0.2) is 24.2 Å². The number of rotatable bonds is 10. The predicted molar refractivity (Wildman–Crippen MR) is 133 cm³/mol. The van der Waals surface area contributed by atoms with Crippen LogP contribution in [0.15, 0.2) is 66.8 Å². The molecule has 174 valence electrons. The number of anilines is 1. The second-order valence-corrected chi connectivity index (χ2v) is 9.06. The fourth-order valence-electron chi connectivity index (χ4n) is 3.75. The standard InChI is InChI=1S/C27H30FNO3S/c1-4-6-8-20(5-2)9-7-16-32-27(31)22-12-15-24(19(3)17-22)29-25(30)18-33-26(29)21-10-13-23(28)14-11-21/h5,8,10-15,17,26H,2,4,6-7,9,16,18H2,1,3H3/b20-8+. The predicted octanol–water partition coefficient (Wildman–Crippen LogP) is 6.76. The van der Waals surface area contributed by atoms with Crippen LogP contribution in [0.2, 0.25) is 0 Å². The summed E-state index contributed by atoms with van der Waals surface area (Å²) in [5.74, 6) is -0.345. The third-order valence-corrected chi connectivity index (χ3v) is 6.73. The van der Waals surface area contributed by atoms with E-state index < -0.39 is 0 Å². The summed E-state index contributed by atoms with van der Waals surface area (Å²) in [7, 11) is 0. The molecule has 1 aliphatic heterocycles. The van der Waals surface area contributed by atoms with Crippen molar-refractivity contribution in [1.29, 1.82) is 0 Å². The fraction of sp³-hybridized carbons (Fsp3) is 0.333. The molecule has 0 aliphatic carbocycles. The summed E-state index contributed by atoms with van der Waals surface area (Å²) in [5, 5.41) is -0.227. The molecular weight excluding hydrogens is 437 g/mol. The van der Waals surface area contributed by atoms with Gasteiger partial charge >= 0.3 is 5.97 Å². The maximum atomic E-state index is 13.3. The van der Waals surface area contributed by atoms with Crippen LogP contribution in [-0.2, 0) is 9.53 Å². The number of esters is 1. The van der Waals surface area contributed by atoms with Crippen LogP contribution in [0.3, 0.4) is 0 Å². The van der Waals surface area contributed by atoms with Gasteiger partial charge in [-0.25, -0.2) is 9.18 Å². The van der Waals surface area contributed by atoms with Crippen molar-refractivity contribution in [2.75, 3.05) is 17.3 Å². The van der Waals surface area contributed by atoms with Gasteiger partial charge in [-0.2, -0.15) is 0 Å². The molecule has 4 nitrogen and oxygen atoms in total. The number of hydrogen-bond acceptors (Lipinski definition) is 4. The van der Waals surface area contributed by atoms with Crippen LogP contribution in [0.4, 0.5) is 10.1 Å². The van der Waals surface area contributed by atoms with Gasteiger partial charge < -0.3 is 4.74 Å². The number of nitrogens with zero attached hydrogens (tertiary/aromatic N) is 1. The molecule has 33 heavy (non-hydrogen) atoms. The number of amides is 1. The number of thioether (sulfide) groups is 1. The van der Waals surface area contributed by atoms with Gasteiger partial charge in [0.05, 0.1) is 17.9 Å². The molecule has 1 saturated heterocycles. The molecule has 3 rings (SSSR count). The van der Waals surface area contributed by atoms with E-state index in [4.69, 9.17) is 4.74 Å². The number of carbonyl (C=O) groups is 2. The highest BCUT2D eigenvalue weighted by molar-refractivity contribution is 8.00. The third kappa shape index (κ3) is 6.35. The molecule has 1 heterocycles. The zero-order valence-electron chi connectivity index (χ0n) is 19.2. The smallest absolute Gasteiger partial charge is 0.338 e. The Labute approximate surface area is 199 Å². The molecule has 6 heteroatoms. The van der Waals surface area contributed by atoms with E-state index in [-0.39, 0.29) is 23.1 Å². The molecule has 0 bridgehead atoms. The van der Waals surface area contributed by atoms with Gasteiger partial charge in [-0.3, -0.25) is 9.69 Å². The Kier molecular flexibility index (Phi) is 8.89. The van der Waals surface area contributed by atoms with E-state index in [0.717, 1.165) is 42.5 Å². The van der Waals surface area contributed by atoms with E-state index in [9.17, 15) is 14.0 Å². The number of unbranched alkanes of at least 4 members (excludes halogenated alkanes) is 1. The second-order valence-electron chi connectivity index (χ2n) is 7.99. The van der Waals surface area contributed by atoms with Gasteiger partial charge in [0, 0.05) is 5.69 Å². The highest BCUT2D eigenvalue weighted by atomic mass is 32.2. The highest BCUT2D eigenvalue weighted by Crippen LogP contribution is 2.42. The second kappa shape index (κ2) is 11.8. The van der Waals surface area contributed by atoms with Gasteiger partial charge in [0.2, 0.25) is 5.91 Å². The zero-order chi connectivity index (χ0) is 23.8. The van der Waals surface area contributed by atoms with Crippen LogP contribution in [0, 0.1) is 12.7 Å². The topological polar surface area (TPSA) is 46.6 Å². The van der Waals surface area contributed by atoms with Gasteiger partial charge in [-0.05, 0) is 67.6 Å². The van der Waals surface area contributed by atoms with E-state index in [0.29, 0.717) is 17.9 Å². The summed E-state index contributed by atoms with van der Waals surface area (Å²) >= 11 is 1.50. The summed E-state index contributed by atoms with van der Waals surface area (Å²) in [6, 6.07) is 11.4. The lowest BCUT2D eigenvalue weighted by molar-refractivity contribution is -0.115. The summed E-state index contributed by atoms with van der Waals surface area (Å²) in [5.41, 5.74) is 4.05. The van der Waals surface area contributed by atoms with Crippen molar-refractivity contribution in [2.24, 2.45) is 0 Å². The lowest BCUT2D eigenvalue weighted by atomic mass is 10.1. The van der Waals surface area contributed by atoms with Gasteiger partial charge in [-0.1, -0.05) is 49.8 Å². The number of carbonyl (C=O) groups excluding carboxylic acids is 2. The largest absolute Gasteiger partial charge is 0.462 e. The summed E-state index contributed by atoms with van der Waals surface area (Å²) in [6.07, 6.45) is 7.71. The Hall–Kier alpha value is -2.86. The molecule has 1 aliphatic rings. The van der Waals surface area contributed by atoms with Gasteiger partial charge in [0.15, 0.2) is 0 Å². The van der Waals surface area contributed by atoms with Crippen LogP contribution in [0.1, 0.15) is 59.5 Å². The Balaban J connectivity index is 1.65. The Morgan fingerprint density at radius 1 is 1.27 bits per heavy atom. The first kappa shape index (κ1) is 24.8. The first-order valence-electron chi connectivity index (χ1n) is 11.2. The fourth-order valence-corrected chi connectivity index (χ4v) is 4.92. The minimum atomic E-state index is -0.375. The van der Waals surface area contributed by atoms with E-state index >= 15 is 0 Å². The third-order valence-electron chi connectivity index (χ3n) is 5.52. The number of aryl methyl sites for hydroxylation is 1. The molecule has 0 spiro atoms. The molecule has 1 fully saturated rings. The van der Waals surface area contributed by atoms with Gasteiger partial charge in [-0.15, -0.1) is 11.8 Å². The molecule has 0 saturated carbocycles. The minimum Gasteiger partial charge on any atom is -0.462 e. The van der Waals surface area contributed by atoms with Crippen LogP contribution in [0.5, 0.6) is 0 Å². The van der Waals surface area contributed by atoms with Crippen molar-refractivity contribution >= 4 is 29.3 Å². The molecule has 1 unspecified atom stereocenters. The van der Waals surface area contributed by atoms with Crippen LogP contribution >= 0.6 is 11.8 Å². The Morgan fingerprint density at radius 3 is 2.70 bits per heavy atom. The van der Waals surface area contributed by atoms with Gasteiger partial charge in [0.1, 0.15) is 11.2 Å². The van der Waals surface area contributed by atoms with Gasteiger partial charge in [0.25, 0.3) is 0 Å². The average molecular weight is 468 g/mol. The molecule has 0 N–H and O–H groups in total. The Bertz CT molecular complexity index is 1030. The van der Waals surface area contributed by atoms with E-state index in [2.05, 4.69) is 19.6 Å². The number of benzene rings is 2. The monoisotopic (exact) mass is 467 g/mol. The molecule has 2 aromatic rings. The summed E-state index contributed by atoms with van der Waals surface area (Å²) in [6.45, 7) is 8.18. The first-order valence-corrected chi connectivity index (χ1v) is 12.3. The SMILES string of the molecule is C=C/C(=C\CCC)CCCOC(=O)c1ccc(N2C(=O)CSC2c2ccc(F)cc2)c(C)c1. The summed E-state index contributed by atoms with van der Waals surface area (Å²) < 4.78 is 18.8. The number of hydrogen-bond donors (Lipinski definition) is 0. The normalized spacial score (nSPS) is 16.2. The minimum absolute atomic E-state index is 0.0121. The number of allylic oxidation sites excluding steroid dienone is 3. The molecule has 0 radical (unpaired) electrons. The highest BCUT2D eigenvalue weighted by Gasteiger charge is 2.35. The number of ether oxygens (including phenoxy) is 1. The summed E-state index contributed by atoms with van der Waals surface area (Å²) in [4.78, 5) is 26.9. The Morgan fingerprint density at radius 2 is 2.03 bits per heavy atom. The van der Waals surface area contributed by atoms with E-state index in [1.165, 1.54) is 29.5 Å². The van der Waals surface area contributed by atoms with Crippen molar-refractivity contribution in [3.63, 3.8) is 0 Å². The van der Waals surface area contributed by atoms with Crippen molar-refractivity contribution in [2.45, 2.75) is 44.9 Å². The quantitative estimate of drug-likeness (QED) is 0.220. The lowest BCUT2D eigenvalue weighted by Gasteiger charge is -2.26. The first-order chi connectivity index (χ1) is 15.9. The number of halogens is 1. The lowest BCUT2D eigenvalue weighted by Crippen LogP contribution is -2.28. The van der Waals surface area contributed by atoms with Crippen LogP contribution in [0.25, 0.3) is 0 Å². The zero-order valence-corrected chi connectivity index (χ0v) is 20.0. The van der Waals surface area contributed by atoms with Crippen molar-refractivity contribution in [3.8, 4) is 0 Å². The maximum absolute atomic E-state index is 13.3. The molecule has 1 atom stereocenters. The molecular formula is C27H30FNO3S. The van der Waals surface area contributed by atoms with E-state index in [1.54, 1.807) is 35.2 Å². The van der Waals surface area contributed by atoms with Crippen molar-refractivity contribution < 1.29 is 18.7 Å². The van der Waals surface area contributed by atoms with E-state index in [1.807, 2.05) is 13.0 Å². The van der Waals surface area contributed by atoms with Crippen molar-refractivity contribution in [3.05, 3.63) is 89.3 Å². The molecule has 0 aromatic heterocycles. The molecule has 2 aromatic carbocycles. The van der Waals surface area contributed by atoms with Crippen molar-refractivity contribution in [1.82, 2.24) is 0 Å². The van der Waals surface area contributed by atoms with Crippen LogP contribution < -0.4 is 4.90 Å². The average Bonchev–Trinajstić information content (AvgIpc) is 3.20. The molecule has 1 amide bonds. The maximum Gasteiger partial charge on any atom is 0.338 e.